The van der Waals surface area contributed by atoms with Crippen LogP contribution in [0.4, 0.5) is 0 Å². The molecular weight excluding hydrogens is 328 g/mol. The number of hydrogen-bond donors (Lipinski definition) is 1. The highest BCUT2D eigenvalue weighted by Crippen LogP contribution is 2.35. The SMILES string of the molecule is CNCCc1nc(-c2cc(C)cc(C)c2OCc2ccccc2)cs1. The summed E-state index contributed by atoms with van der Waals surface area (Å²) >= 11 is 1.71. The standard InChI is InChI=1S/C21H24N2OS/c1-15-11-16(2)21(24-13-17-7-5-4-6-8-17)18(12-15)19-14-25-20(23-19)9-10-22-3/h4-8,11-12,14,22H,9-10,13H2,1-3H3. The minimum absolute atomic E-state index is 0.564. The topological polar surface area (TPSA) is 34.2 Å². The summed E-state index contributed by atoms with van der Waals surface area (Å²) in [5.41, 5.74) is 5.63. The van der Waals surface area contributed by atoms with Crippen LogP contribution in [0, 0.1) is 13.8 Å². The molecule has 1 heterocycles. The summed E-state index contributed by atoms with van der Waals surface area (Å²) in [6.45, 7) is 5.72. The van der Waals surface area contributed by atoms with Gasteiger partial charge in [-0.2, -0.15) is 0 Å². The first-order valence-electron chi connectivity index (χ1n) is 8.54. The molecule has 0 saturated carbocycles. The van der Waals surface area contributed by atoms with Gasteiger partial charge in [0.1, 0.15) is 12.4 Å². The van der Waals surface area contributed by atoms with Gasteiger partial charge < -0.3 is 10.1 Å². The summed E-state index contributed by atoms with van der Waals surface area (Å²) in [5, 5.41) is 6.46. The van der Waals surface area contributed by atoms with E-state index in [-0.39, 0.29) is 0 Å². The molecule has 0 aliphatic carbocycles. The van der Waals surface area contributed by atoms with Crippen LogP contribution in [-0.2, 0) is 13.0 Å². The molecule has 0 spiro atoms. The molecule has 0 fully saturated rings. The van der Waals surface area contributed by atoms with Crippen LogP contribution >= 0.6 is 11.3 Å². The Morgan fingerprint density at radius 2 is 1.92 bits per heavy atom. The van der Waals surface area contributed by atoms with E-state index in [4.69, 9.17) is 9.72 Å². The van der Waals surface area contributed by atoms with Gasteiger partial charge in [0.25, 0.3) is 0 Å². The van der Waals surface area contributed by atoms with Crippen molar-refractivity contribution in [1.29, 1.82) is 0 Å². The molecule has 130 valence electrons. The number of likely N-dealkylation sites (N-methyl/N-ethyl adjacent to an activating group) is 1. The number of aryl methyl sites for hydroxylation is 2. The lowest BCUT2D eigenvalue weighted by molar-refractivity contribution is 0.305. The highest BCUT2D eigenvalue weighted by molar-refractivity contribution is 7.09. The summed E-state index contributed by atoms with van der Waals surface area (Å²) in [7, 11) is 1.97. The number of nitrogens with one attached hydrogen (secondary N) is 1. The van der Waals surface area contributed by atoms with E-state index in [9.17, 15) is 0 Å². The smallest absolute Gasteiger partial charge is 0.132 e. The first-order chi connectivity index (χ1) is 12.2. The monoisotopic (exact) mass is 352 g/mol. The molecule has 0 radical (unpaired) electrons. The Kier molecular flexibility index (Phi) is 5.84. The van der Waals surface area contributed by atoms with E-state index in [1.807, 2.05) is 25.2 Å². The summed E-state index contributed by atoms with van der Waals surface area (Å²) in [6, 6.07) is 14.6. The highest BCUT2D eigenvalue weighted by atomic mass is 32.1. The predicted octanol–water partition coefficient (Wildman–Crippen LogP) is 4.77. The second-order valence-electron chi connectivity index (χ2n) is 6.21. The maximum Gasteiger partial charge on any atom is 0.132 e. The van der Waals surface area contributed by atoms with Crippen molar-refractivity contribution in [3.8, 4) is 17.0 Å². The van der Waals surface area contributed by atoms with Crippen molar-refractivity contribution in [2.45, 2.75) is 26.9 Å². The number of rotatable bonds is 7. The molecule has 3 aromatic rings. The van der Waals surface area contributed by atoms with Gasteiger partial charge in [-0.3, -0.25) is 0 Å². The summed E-state index contributed by atoms with van der Waals surface area (Å²) in [6.07, 6.45) is 0.951. The molecule has 0 bridgehead atoms. The van der Waals surface area contributed by atoms with Crippen molar-refractivity contribution in [2.24, 2.45) is 0 Å². The van der Waals surface area contributed by atoms with E-state index in [0.717, 1.165) is 40.5 Å². The average Bonchev–Trinajstić information content (AvgIpc) is 3.08. The van der Waals surface area contributed by atoms with E-state index in [2.05, 4.69) is 48.8 Å². The molecular formula is C21H24N2OS. The van der Waals surface area contributed by atoms with Gasteiger partial charge in [-0.1, -0.05) is 36.4 Å². The van der Waals surface area contributed by atoms with Gasteiger partial charge in [-0.05, 0) is 43.7 Å². The molecule has 1 N–H and O–H groups in total. The van der Waals surface area contributed by atoms with E-state index in [0.29, 0.717) is 6.61 Å². The number of thiazole rings is 1. The molecule has 0 atom stereocenters. The zero-order valence-electron chi connectivity index (χ0n) is 15.0. The highest BCUT2D eigenvalue weighted by Gasteiger charge is 2.14. The zero-order chi connectivity index (χ0) is 17.6. The van der Waals surface area contributed by atoms with Gasteiger partial charge in [0.2, 0.25) is 0 Å². The van der Waals surface area contributed by atoms with Crippen LogP contribution in [-0.4, -0.2) is 18.6 Å². The Balaban J connectivity index is 1.88. The van der Waals surface area contributed by atoms with Gasteiger partial charge in [0, 0.05) is 23.9 Å². The minimum atomic E-state index is 0.564. The number of aromatic nitrogens is 1. The fourth-order valence-electron chi connectivity index (χ4n) is 2.85. The molecule has 25 heavy (non-hydrogen) atoms. The maximum atomic E-state index is 6.21. The third-order valence-corrected chi connectivity index (χ3v) is 4.97. The normalized spacial score (nSPS) is 10.8. The van der Waals surface area contributed by atoms with Gasteiger partial charge in [-0.15, -0.1) is 11.3 Å². The fraction of sp³-hybridized carbons (Fsp3) is 0.286. The quantitative estimate of drug-likeness (QED) is 0.665. The van der Waals surface area contributed by atoms with Crippen molar-refractivity contribution in [3.63, 3.8) is 0 Å². The number of nitrogens with zero attached hydrogens (tertiary/aromatic N) is 1. The zero-order valence-corrected chi connectivity index (χ0v) is 15.8. The first-order valence-corrected chi connectivity index (χ1v) is 9.42. The average molecular weight is 353 g/mol. The molecule has 4 heteroatoms. The van der Waals surface area contributed by atoms with Crippen molar-refractivity contribution in [2.75, 3.05) is 13.6 Å². The molecule has 3 rings (SSSR count). The Labute approximate surface area is 153 Å². The van der Waals surface area contributed by atoms with Crippen LogP contribution in [0.5, 0.6) is 5.75 Å². The van der Waals surface area contributed by atoms with E-state index in [1.54, 1.807) is 11.3 Å². The number of ether oxygens (including phenoxy) is 1. The molecule has 3 nitrogen and oxygen atoms in total. The number of hydrogen-bond acceptors (Lipinski definition) is 4. The summed E-state index contributed by atoms with van der Waals surface area (Å²) in [4.78, 5) is 4.81. The van der Waals surface area contributed by atoms with Crippen molar-refractivity contribution < 1.29 is 4.74 Å². The van der Waals surface area contributed by atoms with Crippen molar-refractivity contribution >= 4 is 11.3 Å². The van der Waals surface area contributed by atoms with Crippen LogP contribution < -0.4 is 10.1 Å². The fourth-order valence-corrected chi connectivity index (χ4v) is 3.65. The first kappa shape index (κ1) is 17.6. The molecule has 0 amide bonds. The molecule has 0 unspecified atom stereocenters. The molecule has 1 aromatic heterocycles. The van der Waals surface area contributed by atoms with Gasteiger partial charge in [-0.25, -0.2) is 4.98 Å². The van der Waals surface area contributed by atoms with Crippen LogP contribution in [0.25, 0.3) is 11.3 Å². The molecule has 0 aliphatic rings. The predicted molar refractivity (Wildman–Crippen MR) is 105 cm³/mol. The largest absolute Gasteiger partial charge is 0.488 e. The Hall–Kier alpha value is -2.17. The molecule has 2 aromatic carbocycles. The van der Waals surface area contributed by atoms with E-state index >= 15 is 0 Å². The van der Waals surface area contributed by atoms with Crippen LogP contribution in [0.3, 0.4) is 0 Å². The lowest BCUT2D eigenvalue weighted by atomic mass is 10.0. The lowest BCUT2D eigenvalue weighted by Crippen LogP contribution is -2.10. The van der Waals surface area contributed by atoms with Crippen molar-refractivity contribution in [3.05, 3.63) is 69.5 Å². The molecule has 0 aliphatic heterocycles. The van der Waals surface area contributed by atoms with Crippen LogP contribution in [0.2, 0.25) is 0 Å². The lowest BCUT2D eigenvalue weighted by Gasteiger charge is -2.14. The molecule has 0 saturated heterocycles. The number of benzene rings is 2. The van der Waals surface area contributed by atoms with Gasteiger partial charge in [0.15, 0.2) is 0 Å². The van der Waals surface area contributed by atoms with Crippen LogP contribution in [0.1, 0.15) is 21.7 Å². The Morgan fingerprint density at radius 3 is 2.68 bits per heavy atom. The van der Waals surface area contributed by atoms with Gasteiger partial charge >= 0.3 is 0 Å². The summed E-state index contributed by atoms with van der Waals surface area (Å²) < 4.78 is 6.21. The van der Waals surface area contributed by atoms with Gasteiger partial charge in [0.05, 0.1) is 10.7 Å². The second-order valence-corrected chi connectivity index (χ2v) is 7.16. The second kappa shape index (κ2) is 8.28. The third-order valence-electron chi connectivity index (χ3n) is 4.06. The van der Waals surface area contributed by atoms with E-state index in [1.165, 1.54) is 11.1 Å². The van der Waals surface area contributed by atoms with Crippen molar-refractivity contribution in [1.82, 2.24) is 10.3 Å². The van der Waals surface area contributed by atoms with E-state index < -0.39 is 0 Å². The Bertz CT molecular complexity index is 827. The Morgan fingerprint density at radius 1 is 1.12 bits per heavy atom. The minimum Gasteiger partial charge on any atom is -0.488 e. The van der Waals surface area contributed by atoms with Crippen LogP contribution in [0.15, 0.2) is 47.8 Å². The summed E-state index contributed by atoms with van der Waals surface area (Å²) in [5.74, 6) is 0.930. The third kappa shape index (κ3) is 4.47. The maximum absolute atomic E-state index is 6.21.